The number of aromatic nitrogens is 4. The Morgan fingerprint density at radius 3 is 0.614 bits per heavy atom. The fourth-order valence-corrected chi connectivity index (χ4v) is 15.5. The van der Waals surface area contributed by atoms with E-state index in [2.05, 4.69) is 204 Å². The Labute approximate surface area is 515 Å². The minimum absolute atomic E-state index is 0.343. The van der Waals surface area contributed by atoms with Crippen molar-refractivity contribution < 1.29 is 18.9 Å². The first-order chi connectivity index (χ1) is 42.6. The van der Waals surface area contributed by atoms with Crippen LogP contribution in [-0.2, 0) is 52.1 Å². The van der Waals surface area contributed by atoms with Gasteiger partial charge in [-0.05, 0) is 269 Å². The van der Waals surface area contributed by atoms with Crippen LogP contribution in [-0.4, -0.2) is 19.9 Å². The number of para-hydroxylation sites is 4. The van der Waals surface area contributed by atoms with Crippen LogP contribution in [0, 0.1) is 83.1 Å². The first kappa shape index (κ1) is 55.2. The molecule has 0 amide bonds. The third kappa shape index (κ3) is 8.84. The van der Waals surface area contributed by atoms with Crippen molar-refractivity contribution in [1.82, 2.24) is 19.9 Å². The van der Waals surface area contributed by atoms with Gasteiger partial charge in [-0.1, -0.05) is 72.8 Å². The van der Waals surface area contributed by atoms with Gasteiger partial charge in [0.25, 0.3) is 0 Å². The summed E-state index contributed by atoms with van der Waals surface area (Å²) in [5, 5.41) is 4.23. The SMILES string of the molecule is Cc1c2c(C)c3c(C)c1Cc1c(C)c4c(C)c(c1C)OCc1cc(nc5ccccc15)-c1cc(c5ccccc5n1)COc1c(C)c(c(C)c(c1C)Cc1c(C)c(c(C)c(c1C)OCc1cc(nc5ccccc15)-c1cc(c5ccccc5n1)CO3)C2)C4. The maximum absolute atomic E-state index is 7.46. The molecule has 436 valence electrons. The van der Waals surface area contributed by atoms with Crippen LogP contribution in [0.3, 0.4) is 0 Å². The number of ether oxygens (including phenoxy) is 4. The predicted octanol–water partition coefficient (Wildman–Crippen LogP) is 18.5. The summed E-state index contributed by atoms with van der Waals surface area (Å²) in [5.74, 6) is 3.68. The highest BCUT2D eigenvalue weighted by Gasteiger charge is 2.30. The average Bonchev–Trinajstić information content (AvgIpc) is 1.34. The van der Waals surface area contributed by atoms with E-state index in [1.807, 2.05) is 0 Å². The molecule has 2 aliphatic heterocycles. The largest absolute Gasteiger partial charge is 0.488 e. The summed E-state index contributed by atoms with van der Waals surface area (Å²) in [6.07, 6.45) is 2.73. The third-order valence-corrected chi connectivity index (χ3v) is 20.6. The van der Waals surface area contributed by atoms with Gasteiger partial charge in [0.1, 0.15) is 49.4 Å². The summed E-state index contributed by atoms with van der Waals surface area (Å²) < 4.78 is 29.8. The van der Waals surface area contributed by atoms with Crippen molar-refractivity contribution in [3.8, 4) is 45.8 Å². The quantitative estimate of drug-likeness (QED) is 0.148. The molecule has 6 heterocycles. The van der Waals surface area contributed by atoms with Gasteiger partial charge in [-0.2, -0.15) is 0 Å². The summed E-state index contributed by atoms with van der Waals surface area (Å²) in [7, 11) is 0. The molecule has 8 heteroatoms. The molecule has 8 aromatic carbocycles. The minimum atomic E-state index is 0.343. The number of fused-ring (bicyclic) bond motifs is 26. The molecule has 12 aromatic rings. The number of hydrogen-bond acceptors (Lipinski definition) is 8. The van der Waals surface area contributed by atoms with Gasteiger partial charge in [-0.15, -0.1) is 0 Å². The van der Waals surface area contributed by atoms with Gasteiger partial charge in [0, 0.05) is 43.8 Å². The highest BCUT2D eigenvalue weighted by molar-refractivity contribution is 5.90. The van der Waals surface area contributed by atoms with Gasteiger partial charge < -0.3 is 18.9 Å². The lowest BCUT2D eigenvalue weighted by molar-refractivity contribution is 0.302. The van der Waals surface area contributed by atoms with Crippen molar-refractivity contribution in [3.63, 3.8) is 0 Å². The molecule has 3 aliphatic rings. The maximum Gasteiger partial charge on any atom is 0.126 e. The second kappa shape index (κ2) is 21.2. The molecule has 8 nitrogen and oxygen atoms in total. The Balaban J connectivity index is 1.03. The van der Waals surface area contributed by atoms with E-state index < -0.39 is 0 Å². The maximum atomic E-state index is 7.46. The van der Waals surface area contributed by atoms with E-state index in [0.29, 0.717) is 52.1 Å². The molecule has 88 heavy (non-hydrogen) atoms. The fraction of sp³-hybridized carbons (Fsp3) is 0.250. The molecular weight excluding hydrogens is 1080 g/mol. The molecule has 0 saturated carbocycles. The molecule has 0 N–H and O–H groups in total. The monoisotopic (exact) mass is 1150 g/mol. The van der Waals surface area contributed by atoms with E-state index in [1.54, 1.807) is 0 Å². The van der Waals surface area contributed by atoms with Crippen LogP contribution in [0.15, 0.2) is 121 Å². The van der Waals surface area contributed by atoms with Gasteiger partial charge in [0.15, 0.2) is 0 Å². The molecule has 0 radical (unpaired) electrons. The van der Waals surface area contributed by atoms with Gasteiger partial charge in [-0.25, -0.2) is 19.9 Å². The molecule has 0 unspecified atom stereocenters. The van der Waals surface area contributed by atoms with Crippen LogP contribution in [0.4, 0.5) is 0 Å². The zero-order valence-electron chi connectivity index (χ0n) is 52.6. The summed E-state index contributed by atoms with van der Waals surface area (Å²) in [6.45, 7) is 29.1. The summed E-state index contributed by atoms with van der Waals surface area (Å²) in [5.41, 5.74) is 35.5. The van der Waals surface area contributed by atoms with Gasteiger partial charge in [-0.3, -0.25) is 0 Å². The van der Waals surface area contributed by atoms with Crippen molar-refractivity contribution >= 4 is 43.6 Å². The highest BCUT2D eigenvalue weighted by atomic mass is 16.5. The van der Waals surface area contributed by atoms with E-state index >= 15 is 0 Å². The molecule has 0 saturated heterocycles. The van der Waals surface area contributed by atoms with Crippen molar-refractivity contribution in [2.24, 2.45) is 0 Å². The number of hydrogen-bond donors (Lipinski definition) is 0. The van der Waals surface area contributed by atoms with Gasteiger partial charge in [0.2, 0.25) is 0 Å². The Morgan fingerprint density at radius 1 is 0.239 bits per heavy atom. The number of nitrogens with zero attached hydrogens (tertiary/aromatic N) is 4. The van der Waals surface area contributed by atoms with Crippen LogP contribution in [0.1, 0.15) is 134 Å². The van der Waals surface area contributed by atoms with E-state index in [9.17, 15) is 0 Å². The minimum Gasteiger partial charge on any atom is -0.488 e. The average molecular weight is 1150 g/mol. The van der Waals surface area contributed by atoms with Crippen molar-refractivity contribution in [2.75, 3.05) is 0 Å². The summed E-state index contributed by atoms with van der Waals surface area (Å²) in [4.78, 5) is 21.3. The molecule has 0 atom stereocenters. The van der Waals surface area contributed by atoms with Crippen LogP contribution < -0.4 is 18.9 Å². The second-order valence-electron chi connectivity index (χ2n) is 25.2. The zero-order valence-corrected chi connectivity index (χ0v) is 52.6. The fourth-order valence-electron chi connectivity index (χ4n) is 15.5. The summed E-state index contributed by atoms with van der Waals surface area (Å²) >= 11 is 0. The number of pyridine rings is 4. The van der Waals surface area contributed by atoms with Crippen LogP contribution >= 0.6 is 0 Å². The molecule has 4 aromatic heterocycles. The predicted molar refractivity (Wildman–Crippen MR) is 356 cm³/mol. The van der Waals surface area contributed by atoms with Crippen LogP contribution in [0.2, 0.25) is 0 Å². The topological polar surface area (TPSA) is 88.5 Å². The normalized spacial score (nSPS) is 13.7. The van der Waals surface area contributed by atoms with Crippen molar-refractivity contribution in [2.45, 2.75) is 135 Å². The standard InChI is InChI=1S/C80H72N4O4/c1-41-61-33-62-42(2)67-36-68-44(4)64-34-63-43(3)66(50(10)79(47(63)7)87-39-55-31-75(83-71-27-19-15-23-59(55)71)76-32-56(40-88-80(48(64)8)52(68)12)60-24-16-20-28-72(60)84-76)35-65(41)49(9)77(45(61)5)85-37-53-29-73(81-69-25-17-13-21-57(53)69)74-30-54(38-86-78(46(62)6)51(67)11)58-22-14-18-26-70(58)82-74/h13-32H,33-40H2,1-12H3. The zero-order chi connectivity index (χ0) is 60.5. The third-order valence-electron chi connectivity index (χ3n) is 20.6. The number of rotatable bonds is 0. The Hall–Kier alpha value is -9.40. The molecule has 1 aliphatic carbocycles. The van der Waals surface area contributed by atoms with E-state index in [0.717, 1.165) is 156 Å². The van der Waals surface area contributed by atoms with Crippen LogP contribution in [0.5, 0.6) is 23.0 Å². The van der Waals surface area contributed by atoms with Crippen molar-refractivity contribution in [3.05, 3.63) is 255 Å². The highest BCUT2D eigenvalue weighted by Crippen LogP contribution is 2.47. The summed E-state index contributed by atoms with van der Waals surface area (Å²) in [6, 6.07) is 42.4. The lowest BCUT2D eigenvalue weighted by atomic mass is 9.78. The first-order valence-electron chi connectivity index (χ1n) is 31.1. The molecule has 15 rings (SSSR count). The van der Waals surface area contributed by atoms with Gasteiger partial charge >= 0.3 is 0 Å². The van der Waals surface area contributed by atoms with Crippen molar-refractivity contribution in [1.29, 1.82) is 0 Å². The van der Waals surface area contributed by atoms with E-state index in [-0.39, 0.29) is 0 Å². The number of benzene rings is 8. The Kier molecular flexibility index (Phi) is 13.3. The Bertz CT molecular complexity index is 4390. The smallest absolute Gasteiger partial charge is 0.126 e. The van der Waals surface area contributed by atoms with Crippen LogP contribution in [0.25, 0.3) is 66.4 Å². The molecule has 20 bridgehead atoms. The lowest BCUT2D eigenvalue weighted by Gasteiger charge is -2.29. The molecule has 0 fully saturated rings. The first-order valence-corrected chi connectivity index (χ1v) is 31.1. The Morgan fingerprint density at radius 2 is 0.420 bits per heavy atom. The molecule has 0 spiro atoms. The van der Waals surface area contributed by atoms with E-state index in [4.69, 9.17) is 38.9 Å². The lowest BCUT2D eigenvalue weighted by Crippen LogP contribution is -2.15. The second-order valence-corrected chi connectivity index (χ2v) is 25.2. The molecular formula is C80H72N4O4. The van der Waals surface area contributed by atoms with Gasteiger partial charge in [0.05, 0.1) is 44.8 Å². The van der Waals surface area contributed by atoms with E-state index in [1.165, 1.54) is 66.8 Å².